The second kappa shape index (κ2) is 19.9. The van der Waals surface area contributed by atoms with Crippen LogP contribution >= 0.6 is 23.2 Å². The SMILES string of the molecule is C=CC.C=N.CC1CCCN1.N=C(CNC=O)N(CCCc1c[nH]c2ccccc12)Cc1ccc(Cl)c(Cl)c1. The Hall–Kier alpha value is -3.13. The highest BCUT2D eigenvalue weighted by Gasteiger charge is 2.12. The molecule has 1 saturated heterocycles. The Morgan fingerprint density at radius 1 is 1.21 bits per heavy atom. The van der Waals surface area contributed by atoms with Gasteiger partial charge in [0, 0.05) is 36.2 Å². The van der Waals surface area contributed by atoms with Gasteiger partial charge in [-0.3, -0.25) is 10.2 Å². The third-order valence-corrected chi connectivity index (χ3v) is 6.69. The maximum atomic E-state index is 10.6. The normalized spacial score (nSPS) is 13.5. The van der Waals surface area contributed by atoms with E-state index < -0.39 is 0 Å². The first-order valence-corrected chi connectivity index (χ1v) is 13.8. The summed E-state index contributed by atoms with van der Waals surface area (Å²) in [7, 11) is 0. The van der Waals surface area contributed by atoms with Gasteiger partial charge >= 0.3 is 0 Å². The summed E-state index contributed by atoms with van der Waals surface area (Å²) < 4.78 is 0. The first-order valence-electron chi connectivity index (χ1n) is 13.0. The van der Waals surface area contributed by atoms with Crippen molar-refractivity contribution in [3.63, 3.8) is 0 Å². The van der Waals surface area contributed by atoms with Crippen molar-refractivity contribution in [3.8, 4) is 0 Å². The lowest BCUT2D eigenvalue weighted by molar-refractivity contribution is -0.109. The van der Waals surface area contributed by atoms with Gasteiger partial charge in [-0.2, -0.15) is 0 Å². The second-order valence-corrected chi connectivity index (χ2v) is 9.80. The Kier molecular flexibility index (Phi) is 17.3. The van der Waals surface area contributed by atoms with E-state index in [9.17, 15) is 4.79 Å². The van der Waals surface area contributed by atoms with Crippen LogP contribution in [-0.2, 0) is 17.8 Å². The van der Waals surface area contributed by atoms with Crippen molar-refractivity contribution >= 4 is 53.1 Å². The number of nitrogens with one attached hydrogen (secondary N) is 5. The molecule has 1 aliphatic rings. The molecule has 1 atom stereocenters. The van der Waals surface area contributed by atoms with E-state index in [0.29, 0.717) is 35.4 Å². The summed E-state index contributed by atoms with van der Waals surface area (Å²) >= 11 is 12.1. The third-order valence-electron chi connectivity index (χ3n) is 5.95. The van der Waals surface area contributed by atoms with Crippen LogP contribution in [0.2, 0.25) is 10.0 Å². The highest BCUT2D eigenvalue weighted by molar-refractivity contribution is 6.42. The fourth-order valence-corrected chi connectivity index (χ4v) is 4.40. The lowest BCUT2D eigenvalue weighted by Gasteiger charge is -2.25. The number of fused-ring (bicyclic) bond motifs is 1. The van der Waals surface area contributed by atoms with Gasteiger partial charge in [-0.1, -0.05) is 53.5 Å². The number of allylic oxidation sites excluding steroid dienone is 1. The average Bonchev–Trinajstić information content (AvgIpc) is 3.60. The van der Waals surface area contributed by atoms with Gasteiger partial charge in [0.05, 0.1) is 16.6 Å². The largest absolute Gasteiger partial charge is 0.361 e. The van der Waals surface area contributed by atoms with Crippen LogP contribution in [-0.4, -0.2) is 54.5 Å². The molecule has 0 saturated carbocycles. The highest BCUT2D eigenvalue weighted by atomic mass is 35.5. The molecule has 3 aromatic rings. The van der Waals surface area contributed by atoms with Crippen molar-refractivity contribution in [3.05, 3.63) is 82.5 Å². The number of nitrogens with zero attached hydrogens (tertiary/aromatic N) is 1. The van der Waals surface area contributed by atoms with Crippen molar-refractivity contribution in [2.24, 2.45) is 0 Å². The number of aryl methyl sites for hydroxylation is 1. The molecule has 0 bridgehead atoms. The van der Waals surface area contributed by atoms with Gasteiger partial charge in [0.1, 0.15) is 5.84 Å². The van der Waals surface area contributed by atoms with Gasteiger partial charge in [0.2, 0.25) is 6.41 Å². The molecule has 0 radical (unpaired) electrons. The maximum Gasteiger partial charge on any atom is 0.207 e. The van der Waals surface area contributed by atoms with Crippen LogP contribution in [0.15, 0.2) is 61.3 Å². The molecule has 1 unspecified atom stereocenters. The highest BCUT2D eigenvalue weighted by Crippen LogP contribution is 2.24. The summed E-state index contributed by atoms with van der Waals surface area (Å²) in [5.41, 5.74) is 3.37. The van der Waals surface area contributed by atoms with E-state index in [-0.39, 0.29) is 6.54 Å². The molecule has 39 heavy (non-hydrogen) atoms. The number of hydrogen-bond donors (Lipinski definition) is 5. The topological polar surface area (TPSA) is 108 Å². The lowest BCUT2D eigenvalue weighted by Crippen LogP contribution is -2.37. The molecule has 2 aromatic carbocycles. The summed E-state index contributed by atoms with van der Waals surface area (Å²) in [4.78, 5) is 15.9. The molecule has 212 valence electrons. The Bertz CT molecular complexity index is 1140. The minimum Gasteiger partial charge on any atom is -0.361 e. The number of rotatable bonds is 9. The standard InChI is InChI=1S/C21H22Cl2N4O.C5H11N.C3H6.CH3N/c22-18-8-7-15(10-19(18)23)13-27(21(24)12-25-14-28)9-3-4-16-11-26-20-6-2-1-5-17(16)20;1-5-3-2-4-6-5;1-3-2;1-2/h1-2,5-8,10-11,14,24,26H,3-4,9,12-13H2,(H,25,28);5-6H,2-4H2,1H3;3H,1H2,2H3;2H,1H2. The van der Waals surface area contributed by atoms with Crippen molar-refractivity contribution < 1.29 is 4.79 Å². The van der Waals surface area contributed by atoms with Crippen LogP contribution < -0.4 is 10.6 Å². The summed E-state index contributed by atoms with van der Waals surface area (Å²) in [5.74, 6) is 0.358. The van der Waals surface area contributed by atoms with E-state index in [2.05, 4.69) is 48.0 Å². The Morgan fingerprint density at radius 2 is 1.92 bits per heavy atom. The monoisotopic (exact) mass is 572 g/mol. The number of para-hydroxylation sites is 1. The quantitative estimate of drug-likeness (QED) is 0.0836. The number of carbonyl (C=O) groups is 1. The van der Waals surface area contributed by atoms with Crippen molar-refractivity contribution in [1.29, 1.82) is 10.8 Å². The Balaban J connectivity index is 0.000000583. The summed E-state index contributed by atoms with van der Waals surface area (Å²) in [6.07, 6.45) is 8.94. The average molecular weight is 574 g/mol. The molecular formula is C30H42Cl2N6O. The van der Waals surface area contributed by atoms with Gasteiger partial charge in [0.25, 0.3) is 0 Å². The lowest BCUT2D eigenvalue weighted by atomic mass is 10.1. The maximum absolute atomic E-state index is 10.6. The van der Waals surface area contributed by atoms with Crippen LogP contribution in [0.5, 0.6) is 0 Å². The van der Waals surface area contributed by atoms with Crippen LogP contribution in [0.4, 0.5) is 0 Å². The third kappa shape index (κ3) is 12.5. The fraction of sp³-hybridized carbons (Fsp3) is 0.367. The fourth-order valence-electron chi connectivity index (χ4n) is 4.08. The molecule has 1 aromatic heterocycles. The molecule has 1 amide bonds. The van der Waals surface area contributed by atoms with E-state index in [4.69, 9.17) is 34.0 Å². The van der Waals surface area contributed by atoms with Gasteiger partial charge in [-0.25, -0.2) is 0 Å². The molecule has 7 nitrogen and oxygen atoms in total. The summed E-state index contributed by atoms with van der Waals surface area (Å²) in [6.45, 7) is 12.6. The smallest absolute Gasteiger partial charge is 0.207 e. The number of hydrogen-bond acceptors (Lipinski definition) is 4. The molecule has 1 aliphatic heterocycles. The molecule has 9 heteroatoms. The summed E-state index contributed by atoms with van der Waals surface area (Å²) in [5, 5.41) is 21.9. The minimum absolute atomic E-state index is 0.192. The number of benzene rings is 2. The van der Waals surface area contributed by atoms with Crippen molar-refractivity contribution in [2.45, 2.75) is 52.1 Å². The molecule has 0 spiro atoms. The molecule has 1 fully saturated rings. The molecule has 0 aliphatic carbocycles. The number of amidine groups is 1. The van der Waals surface area contributed by atoms with Crippen molar-refractivity contribution in [2.75, 3.05) is 19.6 Å². The minimum atomic E-state index is 0.192. The van der Waals surface area contributed by atoms with Gasteiger partial charge in [0.15, 0.2) is 0 Å². The zero-order valence-electron chi connectivity index (χ0n) is 23.0. The molecule has 2 heterocycles. The number of aromatic amines is 1. The van der Waals surface area contributed by atoms with Gasteiger partial charge < -0.3 is 25.9 Å². The molecular weight excluding hydrogens is 531 g/mol. The molecule has 5 N–H and O–H groups in total. The van der Waals surface area contributed by atoms with Crippen LogP contribution in [0, 0.1) is 10.8 Å². The van der Waals surface area contributed by atoms with E-state index in [0.717, 1.165) is 30.0 Å². The molecule has 4 rings (SSSR count). The number of halogens is 2. The van der Waals surface area contributed by atoms with Gasteiger partial charge in [-0.05, 0) is 82.1 Å². The first-order chi connectivity index (χ1) is 18.9. The number of aromatic nitrogens is 1. The van der Waals surface area contributed by atoms with Crippen LogP contribution in [0.1, 0.15) is 44.2 Å². The van der Waals surface area contributed by atoms with Crippen LogP contribution in [0.3, 0.4) is 0 Å². The van der Waals surface area contributed by atoms with Crippen molar-refractivity contribution in [1.82, 2.24) is 20.5 Å². The first kappa shape index (κ1) is 33.9. The van der Waals surface area contributed by atoms with Crippen LogP contribution in [0.25, 0.3) is 10.9 Å². The second-order valence-electron chi connectivity index (χ2n) is 8.98. The van der Waals surface area contributed by atoms with Gasteiger partial charge in [-0.15, -0.1) is 6.58 Å². The van der Waals surface area contributed by atoms with E-state index in [1.54, 1.807) is 12.1 Å². The predicted octanol–water partition coefficient (Wildman–Crippen LogP) is 6.85. The van der Waals surface area contributed by atoms with E-state index in [1.807, 2.05) is 42.3 Å². The predicted molar refractivity (Wildman–Crippen MR) is 168 cm³/mol. The zero-order valence-corrected chi connectivity index (χ0v) is 24.5. The Morgan fingerprint density at radius 3 is 2.51 bits per heavy atom. The Labute approximate surface area is 243 Å². The number of H-pyrrole nitrogens is 1. The van der Waals surface area contributed by atoms with E-state index in [1.165, 1.54) is 30.3 Å². The van der Waals surface area contributed by atoms with E-state index >= 15 is 0 Å². The summed E-state index contributed by atoms with van der Waals surface area (Å²) in [6, 6.07) is 14.5. The zero-order chi connectivity index (χ0) is 29.0. The number of carbonyl (C=O) groups excluding carboxylic acids is 1. The number of amides is 1.